The molecule has 0 fully saturated rings. The van der Waals surface area contributed by atoms with Gasteiger partial charge in [0.1, 0.15) is 0 Å². The molecule has 0 aliphatic rings. The summed E-state index contributed by atoms with van der Waals surface area (Å²) in [6, 6.07) is 2.56. The molecule has 0 saturated carbocycles. The zero-order chi connectivity index (χ0) is 13.2. The van der Waals surface area contributed by atoms with E-state index in [0.29, 0.717) is 0 Å². The number of hydrogen-bond acceptors (Lipinski definition) is 6. The summed E-state index contributed by atoms with van der Waals surface area (Å²) in [5.74, 6) is -0.893. The molecule has 0 aliphatic carbocycles. The van der Waals surface area contributed by atoms with Gasteiger partial charge in [-0.05, 0) is 6.07 Å². The molecule has 0 heterocycles. The molecule has 92 valence electrons. The van der Waals surface area contributed by atoms with Crippen molar-refractivity contribution >= 4 is 31.4 Å². The fraction of sp³-hybridized carbons (Fsp3) is 0.125. The number of methoxy groups -OCH3 is 1. The number of nitro benzene ring substituents is 1. The van der Waals surface area contributed by atoms with Crippen LogP contribution in [0, 0.1) is 10.1 Å². The van der Waals surface area contributed by atoms with Crippen molar-refractivity contribution in [2.24, 2.45) is 0 Å². The lowest BCUT2D eigenvalue weighted by Crippen LogP contribution is -2.04. The molecule has 0 bridgehead atoms. The first-order chi connectivity index (χ1) is 7.75. The van der Waals surface area contributed by atoms with Crippen molar-refractivity contribution in [3.8, 4) is 0 Å². The van der Waals surface area contributed by atoms with Crippen LogP contribution in [-0.4, -0.2) is 26.4 Å². The first-order valence-corrected chi connectivity index (χ1v) is 6.39. The molecule has 17 heavy (non-hydrogen) atoms. The average molecular weight is 280 g/mol. The van der Waals surface area contributed by atoms with E-state index in [-0.39, 0.29) is 5.56 Å². The van der Waals surface area contributed by atoms with E-state index in [9.17, 15) is 23.3 Å². The Morgan fingerprint density at radius 3 is 2.41 bits per heavy atom. The highest BCUT2D eigenvalue weighted by molar-refractivity contribution is 8.13. The molecule has 7 nitrogen and oxygen atoms in total. The smallest absolute Gasteiger partial charge is 0.338 e. The lowest BCUT2D eigenvalue weighted by atomic mass is 10.2. The minimum atomic E-state index is -4.16. The Kier molecular flexibility index (Phi) is 3.69. The lowest BCUT2D eigenvalue weighted by molar-refractivity contribution is -0.385. The molecule has 9 heteroatoms. The van der Waals surface area contributed by atoms with Gasteiger partial charge < -0.3 is 4.74 Å². The van der Waals surface area contributed by atoms with Gasteiger partial charge in [-0.15, -0.1) is 0 Å². The second kappa shape index (κ2) is 4.68. The number of carbonyl (C=O) groups is 1. The maximum absolute atomic E-state index is 11.2. The summed E-state index contributed by atoms with van der Waals surface area (Å²) in [5.41, 5.74) is -0.826. The largest absolute Gasteiger partial charge is 0.465 e. The first-order valence-electron chi connectivity index (χ1n) is 4.08. The molecular weight excluding hydrogens is 274 g/mol. The van der Waals surface area contributed by atoms with Crippen LogP contribution in [0.25, 0.3) is 0 Å². The van der Waals surface area contributed by atoms with Crippen LogP contribution < -0.4 is 0 Å². The number of rotatable bonds is 3. The van der Waals surface area contributed by atoms with Crippen molar-refractivity contribution in [1.82, 2.24) is 0 Å². The van der Waals surface area contributed by atoms with Crippen molar-refractivity contribution in [1.29, 1.82) is 0 Å². The predicted molar refractivity (Wildman–Crippen MR) is 57.5 cm³/mol. The average Bonchev–Trinajstić information content (AvgIpc) is 2.26. The van der Waals surface area contributed by atoms with Gasteiger partial charge in [-0.25, -0.2) is 13.2 Å². The molecule has 0 unspecified atom stereocenters. The van der Waals surface area contributed by atoms with Gasteiger partial charge in [0.05, 0.1) is 22.5 Å². The highest BCUT2D eigenvalue weighted by Crippen LogP contribution is 2.23. The van der Waals surface area contributed by atoms with Gasteiger partial charge in [0.2, 0.25) is 0 Å². The highest BCUT2D eigenvalue weighted by Gasteiger charge is 2.20. The Balaban J connectivity index is 3.50. The number of ether oxygens (including phenoxy) is 1. The van der Waals surface area contributed by atoms with Gasteiger partial charge in [-0.1, -0.05) is 0 Å². The summed E-state index contributed by atoms with van der Waals surface area (Å²) in [7, 11) is 1.95. The zero-order valence-electron chi connectivity index (χ0n) is 8.41. The number of esters is 1. The third-order valence-corrected chi connectivity index (χ3v) is 3.14. The van der Waals surface area contributed by atoms with Crippen molar-refractivity contribution in [3.05, 3.63) is 33.9 Å². The number of benzene rings is 1. The van der Waals surface area contributed by atoms with Crippen LogP contribution in [0.4, 0.5) is 5.69 Å². The SMILES string of the molecule is COC(=O)c1cc([N+](=O)[O-])cc(S(=O)(=O)Cl)c1. The van der Waals surface area contributed by atoms with Crippen LogP contribution in [0.1, 0.15) is 10.4 Å². The molecule has 0 spiro atoms. The summed E-state index contributed by atoms with van der Waals surface area (Å²) in [5, 5.41) is 10.6. The van der Waals surface area contributed by atoms with Gasteiger partial charge in [0, 0.05) is 22.8 Å². The van der Waals surface area contributed by atoms with E-state index in [1.807, 2.05) is 0 Å². The molecule has 1 rings (SSSR count). The Morgan fingerprint density at radius 2 is 2.00 bits per heavy atom. The number of nitro groups is 1. The number of nitrogens with zero attached hydrogens (tertiary/aromatic N) is 1. The minimum Gasteiger partial charge on any atom is -0.465 e. The van der Waals surface area contributed by atoms with Gasteiger partial charge in [-0.3, -0.25) is 10.1 Å². The van der Waals surface area contributed by atoms with E-state index in [0.717, 1.165) is 25.3 Å². The molecule has 0 radical (unpaired) electrons. The van der Waals surface area contributed by atoms with Gasteiger partial charge >= 0.3 is 5.97 Å². The Labute approximate surface area is 101 Å². The van der Waals surface area contributed by atoms with Crippen LogP contribution >= 0.6 is 10.7 Å². The third kappa shape index (κ3) is 3.14. The van der Waals surface area contributed by atoms with Gasteiger partial charge in [0.15, 0.2) is 0 Å². The van der Waals surface area contributed by atoms with E-state index in [1.165, 1.54) is 0 Å². The summed E-state index contributed by atoms with van der Waals surface area (Å²) in [4.78, 5) is 20.4. The van der Waals surface area contributed by atoms with Crippen molar-refractivity contribution < 1.29 is 22.9 Å². The topological polar surface area (TPSA) is 104 Å². The monoisotopic (exact) mass is 279 g/mol. The summed E-state index contributed by atoms with van der Waals surface area (Å²) < 4.78 is 26.5. The lowest BCUT2D eigenvalue weighted by Gasteiger charge is -2.02. The maximum Gasteiger partial charge on any atom is 0.338 e. The van der Waals surface area contributed by atoms with E-state index in [4.69, 9.17) is 10.7 Å². The van der Waals surface area contributed by atoms with E-state index in [1.54, 1.807) is 0 Å². The number of non-ortho nitro benzene ring substituents is 1. The number of hydrogen-bond donors (Lipinski definition) is 0. The first kappa shape index (κ1) is 13.4. The molecule has 0 saturated heterocycles. The van der Waals surface area contributed by atoms with Gasteiger partial charge in [-0.2, -0.15) is 0 Å². The normalized spacial score (nSPS) is 10.9. The molecule has 0 N–H and O–H groups in total. The molecule has 0 aromatic heterocycles. The van der Waals surface area contributed by atoms with Crippen molar-refractivity contribution in [2.75, 3.05) is 7.11 Å². The second-order valence-corrected chi connectivity index (χ2v) is 5.47. The van der Waals surface area contributed by atoms with Gasteiger partial charge in [0.25, 0.3) is 14.7 Å². The quantitative estimate of drug-likeness (QED) is 0.357. The molecule has 1 aromatic rings. The molecule has 0 atom stereocenters. The van der Waals surface area contributed by atoms with Crippen LogP contribution in [-0.2, 0) is 13.8 Å². The standard InChI is InChI=1S/C8H6ClNO6S/c1-16-8(11)5-2-6(10(12)13)4-7(3-5)17(9,14)15/h2-4H,1H3. The molecule has 0 amide bonds. The van der Waals surface area contributed by atoms with Crippen molar-refractivity contribution in [3.63, 3.8) is 0 Å². The summed E-state index contributed by atoms with van der Waals surface area (Å²) >= 11 is 0. The Bertz CT molecular complexity index is 582. The van der Waals surface area contributed by atoms with E-state index in [2.05, 4.69) is 4.74 Å². The fourth-order valence-electron chi connectivity index (χ4n) is 1.07. The Morgan fingerprint density at radius 1 is 1.41 bits per heavy atom. The molecule has 1 aromatic carbocycles. The predicted octanol–water partition coefficient (Wildman–Crippen LogP) is 1.31. The summed E-state index contributed by atoms with van der Waals surface area (Å²) in [6.45, 7) is 0. The highest BCUT2D eigenvalue weighted by atomic mass is 35.7. The molecular formula is C8H6ClNO6S. The van der Waals surface area contributed by atoms with Crippen LogP contribution in [0.2, 0.25) is 0 Å². The minimum absolute atomic E-state index is 0.263. The summed E-state index contributed by atoms with van der Waals surface area (Å²) in [6.07, 6.45) is 0. The Hall–Kier alpha value is -1.67. The van der Waals surface area contributed by atoms with Crippen LogP contribution in [0.5, 0.6) is 0 Å². The molecule has 0 aliphatic heterocycles. The number of carbonyl (C=O) groups excluding carboxylic acids is 1. The maximum atomic E-state index is 11.2. The van der Waals surface area contributed by atoms with Crippen LogP contribution in [0.15, 0.2) is 23.1 Å². The van der Waals surface area contributed by atoms with E-state index >= 15 is 0 Å². The van der Waals surface area contributed by atoms with Crippen LogP contribution in [0.3, 0.4) is 0 Å². The third-order valence-electron chi connectivity index (χ3n) is 1.80. The number of halogens is 1. The van der Waals surface area contributed by atoms with Crippen molar-refractivity contribution in [2.45, 2.75) is 4.90 Å². The second-order valence-electron chi connectivity index (χ2n) is 2.90. The zero-order valence-corrected chi connectivity index (χ0v) is 9.99. The van der Waals surface area contributed by atoms with E-state index < -0.39 is 30.5 Å². The fourth-order valence-corrected chi connectivity index (χ4v) is 1.86.